The Labute approximate surface area is 80.7 Å². The van der Waals surface area contributed by atoms with Crippen molar-refractivity contribution in [2.45, 2.75) is 25.4 Å². The SMILES string of the molecule is CN1CCC(OCCCS)CC1. The summed E-state index contributed by atoms with van der Waals surface area (Å²) in [4.78, 5) is 2.36. The fourth-order valence-electron chi connectivity index (χ4n) is 1.47. The molecule has 2 nitrogen and oxygen atoms in total. The van der Waals surface area contributed by atoms with Crippen LogP contribution in [0.4, 0.5) is 0 Å². The van der Waals surface area contributed by atoms with Crippen molar-refractivity contribution in [1.29, 1.82) is 0 Å². The van der Waals surface area contributed by atoms with E-state index in [0.29, 0.717) is 6.10 Å². The minimum absolute atomic E-state index is 0.515. The van der Waals surface area contributed by atoms with Gasteiger partial charge in [-0.2, -0.15) is 12.6 Å². The van der Waals surface area contributed by atoms with Crippen molar-refractivity contribution in [2.24, 2.45) is 0 Å². The minimum Gasteiger partial charge on any atom is -0.378 e. The zero-order valence-corrected chi connectivity index (χ0v) is 8.72. The first-order valence-electron chi connectivity index (χ1n) is 4.74. The first-order chi connectivity index (χ1) is 5.83. The standard InChI is InChI=1S/C9H19NOS/c1-10-5-3-9(4-6-10)11-7-2-8-12/h9,12H,2-8H2,1H3. The molecule has 0 radical (unpaired) electrons. The van der Waals surface area contributed by atoms with Crippen molar-refractivity contribution >= 4 is 12.6 Å². The second-order valence-corrected chi connectivity index (χ2v) is 3.90. The molecule has 0 bridgehead atoms. The monoisotopic (exact) mass is 189 g/mol. The van der Waals surface area contributed by atoms with Crippen LogP contribution >= 0.6 is 12.6 Å². The van der Waals surface area contributed by atoms with Crippen LogP contribution in [-0.2, 0) is 4.74 Å². The molecular formula is C9H19NOS. The second kappa shape index (κ2) is 5.84. The number of piperidine rings is 1. The Morgan fingerprint density at radius 3 is 2.67 bits per heavy atom. The van der Waals surface area contributed by atoms with Gasteiger partial charge in [0, 0.05) is 19.7 Å². The topological polar surface area (TPSA) is 12.5 Å². The summed E-state index contributed by atoms with van der Waals surface area (Å²) < 4.78 is 5.70. The number of ether oxygens (including phenoxy) is 1. The average Bonchev–Trinajstić information content (AvgIpc) is 2.09. The first-order valence-corrected chi connectivity index (χ1v) is 5.37. The van der Waals surface area contributed by atoms with Crippen molar-refractivity contribution in [2.75, 3.05) is 32.5 Å². The number of rotatable bonds is 4. The highest BCUT2D eigenvalue weighted by Crippen LogP contribution is 2.12. The molecule has 72 valence electrons. The van der Waals surface area contributed by atoms with Crippen LogP contribution in [0, 0.1) is 0 Å². The summed E-state index contributed by atoms with van der Waals surface area (Å²) in [5, 5.41) is 0. The van der Waals surface area contributed by atoms with Gasteiger partial charge in [-0.15, -0.1) is 0 Å². The Kier molecular flexibility index (Phi) is 5.04. The van der Waals surface area contributed by atoms with Crippen LogP contribution in [0.3, 0.4) is 0 Å². The van der Waals surface area contributed by atoms with E-state index < -0.39 is 0 Å². The van der Waals surface area contributed by atoms with E-state index in [-0.39, 0.29) is 0 Å². The summed E-state index contributed by atoms with van der Waals surface area (Å²) in [5.74, 6) is 0.937. The van der Waals surface area contributed by atoms with E-state index in [2.05, 4.69) is 24.6 Å². The first kappa shape index (κ1) is 10.4. The predicted octanol–water partition coefficient (Wildman–Crippen LogP) is 1.42. The van der Waals surface area contributed by atoms with Gasteiger partial charge in [-0.1, -0.05) is 0 Å². The van der Waals surface area contributed by atoms with Crippen molar-refractivity contribution in [3.63, 3.8) is 0 Å². The lowest BCUT2D eigenvalue weighted by Crippen LogP contribution is -2.34. The molecule has 1 rings (SSSR count). The van der Waals surface area contributed by atoms with E-state index in [0.717, 1.165) is 18.8 Å². The molecule has 0 spiro atoms. The molecule has 1 fully saturated rings. The second-order valence-electron chi connectivity index (χ2n) is 3.45. The zero-order chi connectivity index (χ0) is 8.81. The molecule has 0 aromatic carbocycles. The number of nitrogens with zero attached hydrogens (tertiary/aromatic N) is 1. The summed E-state index contributed by atoms with van der Waals surface area (Å²) in [5.41, 5.74) is 0. The Bertz CT molecular complexity index is 113. The number of thiol groups is 1. The maximum absolute atomic E-state index is 5.70. The summed E-state index contributed by atoms with van der Waals surface area (Å²) >= 11 is 4.14. The van der Waals surface area contributed by atoms with Crippen LogP contribution in [0.15, 0.2) is 0 Å². The van der Waals surface area contributed by atoms with E-state index in [1.54, 1.807) is 0 Å². The Hall–Kier alpha value is 0.270. The quantitative estimate of drug-likeness (QED) is 0.530. The molecule has 12 heavy (non-hydrogen) atoms. The highest BCUT2D eigenvalue weighted by Gasteiger charge is 2.16. The smallest absolute Gasteiger partial charge is 0.0599 e. The van der Waals surface area contributed by atoms with Crippen LogP contribution in [0.25, 0.3) is 0 Å². The van der Waals surface area contributed by atoms with Crippen molar-refractivity contribution in [3.8, 4) is 0 Å². The number of likely N-dealkylation sites (tertiary alicyclic amines) is 1. The predicted molar refractivity (Wildman–Crippen MR) is 54.9 cm³/mol. The fraction of sp³-hybridized carbons (Fsp3) is 1.00. The third-order valence-electron chi connectivity index (χ3n) is 2.32. The molecule has 1 aliphatic heterocycles. The van der Waals surface area contributed by atoms with E-state index in [4.69, 9.17) is 4.74 Å². The van der Waals surface area contributed by atoms with E-state index in [9.17, 15) is 0 Å². The molecule has 1 saturated heterocycles. The van der Waals surface area contributed by atoms with E-state index in [1.165, 1.54) is 25.9 Å². The molecule has 0 aliphatic carbocycles. The van der Waals surface area contributed by atoms with E-state index >= 15 is 0 Å². The van der Waals surface area contributed by atoms with Gasteiger partial charge in [0.15, 0.2) is 0 Å². The Balaban J connectivity index is 2.01. The van der Waals surface area contributed by atoms with Gasteiger partial charge in [-0.3, -0.25) is 0 Å². The van der Waals surface area contributed by atoms with Gasteiger partial charge in [0.25, 0.3) is 0 Å². The summed E-state index contributed by atoms with van der Waals surface area (Å²) in [6, 6.07) is 0. The van der Waals surface area contributed by atoms with Gasteiger partial charge < -0.3 is 9.64 Å². The van der Waals surface area contributed by atoms with Crippen molar-refractivity contribution < 1.29 is 4.74 Å². The van der Waals surface area contributed by atoms with Gasteiger partial charge in [-0.05, 0) is 32.1 Å². The molecular weight excluding hydrogens is 170 g/mol. The number of hydrogen-bond acceptors (Lipinski definition) is 3. The molecule has 1 aliphatic rings. The molecule has 3 heteroatoms. The van der Waals surface area contributed by atoms with Crippen LogP contribution in [0.1, 0.15) is 19.3 Å². The maximum atomic E-state index is 5.70. The molecule has 0 aromatic rings. The largest absolute Gasteiger partial charge is 0.378 e. The maximum Gasteiger partial charge on any atom is 0.0599 e. The highest BCUT2D eigenvalue weighted by atomic mass is 32.1. The molecule has 0 aromatic heterocycles. The summed E-state index contributed by atoms with van der Waals surface area (Å²) in [7, 11) is 2.17. The van der Waals surface area contributed by atoms with E-state index in [1.807, 2.05) is 0 Å². The lowest BCUT2D eigenvalue weighted by Gasteiger charge is -2.28. The molecule has 0 atom stereocenters. The highest BCUT2D eigenvalue weighted by molar-refractivity contribution is 7.80. The zero-order valence-electron chi connectivity index (χ0n) is 7.83. The fourth-order valence-corrected chi connectivity index (χ4v) is 1.60. The molecule has 0 N–H and O–H groups in total. The van der Waals surface area contributed by atoms with Gasteiger partial charge in [-0.25, -0.2) is 0 Å². The Morgan fingerprint density at radius 2 is 2.08 bits per heavy atom. The van der Waals surface area contributed by atoms with Crippen LogP contribution in [-0.4, -0.2) is 43.5 Å². The lowest BCUT2D eigenvalue weighted by atomic mass is 10.1. The summed E-state index contributed by atoms with van der Waals surface area (Å²) in [6.07, 6.45) is 3.99. The molecule has 1 heterocycles. The van der Waals surface area contributed by atoms with Crippen LogP contribution < -0.4 is 0 Å². The third kappa shape index (κ3) is 3.78. The number of hydrogen-bond donors (Lipinski definition) is 1. The summed E-state index contributed by atoms with van der Waals surface area (Å²) in [6.45, 7) is 3.26. The third-order valence-corrected chi connectivity index (χ3v) is 2.64. The van der Waals surface area contributed by atoms with Crippen LogP contribution in [0.5, 0.6) is 0 Å². The van der Waals surface area contributed by atoms with Crippen molar-refractivity contribution in [1.82, 2.24) is 4.90 Å². The molecule has 0 unspecified atom stereocenters. The van der Waals surface area contributed by atoms with Gasteiger partial charge in [0.05, 0.1) is 6.10 Å². The average molecular weight is 189 g/mol. The van der Waals surface area contributed by atoms with Crippen molar-refractivity contribution in [3.05, 3.63) is 0 Å². The molecule has 0 amide bonds. The normalized spacial score (nSPS) is 21.5. The van der Waals surface area contributed by atoms with Gasteiger partial charge in [0.2, 0.25) is 0 Å². The van der Waals surface area contributed by atoms with Gasteiger partial charge >= 0.3 is 0 Å². The Morgan fingerprint density at radius 1 is 1.42 bits per heavy atom. The van der Waals surface area contributed by atoms with Gasteiger partial charge in [0.1, 0.15) is 0 Å². The lowest BCUT2D eigenvalue weighted by molar-refractivity contribution is 0.0133. The van der Waals surface area contributed by atoms with Crippen LogP contribution in [0.2, 0.25) is 0 Å². The molecule has 0 saturated carbocycles. The minimum atomic E-state index is 0.515.